The van der Waals surface area contributed by atoms with Gasteiger partial charge in [-0.05, 0) is 50.3 Å². The fourth-order valence-electron chi connectivity index (χ4n) is 3.44. The summed E-state index contributed by atoms with van der Waals surface area (Å²) in [5, 5.41) is 4.29. The largest absolute Gasteiger partial charge is 0.371 e. The summed E-state index contributed by atoms with van der Waals surface area (Å²) in [7, 11) is 2.23. The van der Waals surface area contributed by atoms with Crippen LogP contribution >= 0.6 is 11.6 Å². The van der Waals surface area contributed by atoms with Crippen molar-refractivity contribution in [2.24, 2.45) is 5.92 Å². The summed E-state index contributed by atoms with van der Waals surface area (Å²) in [5.41, 5.74) is 2.53. The molecule has 0 saturated heterocycles. The summed E-state index contributed by atoms with van der Waals surface area (Å²) < 4.78 is 0. The molecule has 0 aliphatic heterocycles. The summed E-state index contributed by atoms with van der Waals surface area (Å²) in [6, 6.07) is 6.94. The number of rotatable bonds is 6. The molecule has 0 unspecified atom stereocenters. The summed E-state index contributed by atoms with van der Waals surface area (Å²) in [5.74, 6) is 0.940. The zero-order valence-corrected chi connectivity index (χ0v) is 14.4. The molecule has 0 amide bonds. The monoisotopic (exact) mass is 308 g/mol. The minimum atomic E-state index is 0.659. The molecule has 21 heavy (non-hydrogen) atoms. The van der Waals surface area contributed by atoms with Crippen LogP contribution in [0.1, 0.15) is 51.5 Å². The smallest absolute Gasteiger partial charge is 0.0471 e. The Kier molecular flexibility index (Phi) is 6.38. The Morgan fingerprint density at radius 3 is 2.52 bits per heavy atom. The predicted octanol–water partition coefficient (Wildman–Crippen LogP) is 4.85. The van der Waals surface area contributed by atoms with Crippen molar-refractivity contribution in [3.8, 4) is 0 Å². The highest BCUT2D eigenvalue weighted by molar-refractivity contribution is 6.31. The van der Waals surface area contributed by atoms with Crippen LogP contribution in [0.5, 0.6) is 0 Å². The predicted molar refractivity (Wildman–Crippen MR) is 93.3 cm³/mol. The summed E-state index contributed by atoms with van der Waals surface area (Å²) in [4.78, 5) is 2.46. The second-order valence-corrected chi connectivity index (χ2v) is 6.62. The maximum Gasteiger partial charge on any atom is 0.0471 e. The number of halogens is 1. The van der Waals surface area contributed by atoms with Gasteiger partial charge in [-0.2, -0.15) is 0 Å². The Hall–Kier alpha value is -0.730. The minimum Gasteiger partial charge on any atom is -0.371 e. The first kappa shape index (κ1) is 16.6. The fraction of sp³-hybridized carbons (Fsp3) is 0.667. The molecule has 1 saturated carbocycles. The van der Waals surface area contributed by atoms with Gasteiger partial charge in [0.1, 0.15) is 0 Å². The Balaban J connectivity index is 2.11. The summed E-state index contributed by atoms with van der Waals surface area (Å²) in [6.07, 6.45) is 6.69. The molecule has 118 valence electrons. The van der Waals surface area contributed by atoms with Gasteiger partial charge < -0.3 is 10.2 Å². The van der Waals surface area contributed by atoms with Crippen molar-refractivity contribution in [1.29, 1.82) is 0 Å². The minimum absolute atomic E-state index is 0.659. The fourth-order valence-corrected chi connectivity index (χ4v) is 3.68. The van der Waals surface area contributed by atoms with E-state index in [0.29, 0.717) is 6.04 Å². The molecule has 1 aromatic carbocycles. The molecule has 1 fully saturated rings. The molecule has 1 aromatic rings. The van der Waals surface area contributed by atoms with E-state index in [-0.39, 0.29) is 0 Å². The summed E-state index contributed by atoms with van der Waals surface area (Å²) >= 11 is 6.43. The third-order valence-electron chi connectivity index (χ3n) is 4.97. The van der Waals surface area contributed by atoms with Crippen LogP contribution < -0.4 is 10.2 Å². The Bertz CT molecular complexity index is 439. The van der Waals surface area contributed by atoms with Crippen LogP contribution in [0.2, 0.25) is 5.02 Å². The average molecular weight is 309 g/mol. The highest BCUT2D eigenvalue weighted by Gasteiger charge is 2.24. The van der Waals surface area contributed by atoms with Gasteiger partial charge in [0.15, 0.2) is 0 Å². The van der Waals surface area contributed by atoms with Gasteiger partial charge in [-0.1, -0.05) is 37.9 Å². The standard InChI is InChI=1S/C18H29ClN2/c1-4-14-9-11-15(12-10-14)21(3)18-8-6-7-17(19)16(18)13-20-5-2/h6-8,14-15,20H,4-5,9-13H2,1-3H3. The van der Waals surface area contributed by atoms with E-state index >= 15 is 0 Å². The number of benzene rings is 1. The molecule has 0 spiro atoms. The zero-order chi connectivity index (χ0) is 15.2. The number of hydrogen-bond acceptors (Lipinski definition) is 2. The van der Waals surface area contributed by atoms with Crippen LogP contribution in [-0.2, 0) is 6.54 Å². The lowest BCUT2D eigenvalue weighted by atomic mass is 9.84. The second-order valence-electron chi connectivity index (χ2n) is 6.21. The van der Waals surface area contributed by atoms with Crippen LogP contribution in [0.3, 0.4) is 0 Å². The molecular weight excluding hydrogens is 280 g/mol. The van der Waals surface area contributed by atoms with Gasteiger partial charge >= 0.3 is 0 Å². The van der Waals surface area contributed by atoms with Crippen molar-refractivity contribution < 1.29 is 0 Å². The zero-order valence-electron chi connectivity index (χ0n) is 13.7. The lowest BCUT2D eigenvalue weighted by Gasteiger charge is -2.37. The average Bonchev–Trinajstić information content (AvgIpc) is 2.53. The van der Waals surface area contributed by atoms with E-state index in [9.17, 15) is 0 Å². The van der Waals surface area contributed by atoms with Crippen molar-refractivity contribution in [2.45, 2.75) is 58.5 Å². The first-order chi connectivity index (χ1) is 10.2. The molecule has 1 aliphatic rings. The number of nitrogens with one attached hydrogen (secondary N) is 1. The topological polar surface area (TPSA) is 15.3 Å². The second kappa shape index (κ2) is 8.05. The molecule has 0 heterocycles. The van der Waals surface area contributed by atoms with E-state index in [1.165, 1.54) is 43.4 Å². The van der Waals surface area contributed by atoms with Gasteiger partial charge in [0.25, 0.3) is 0 Å². The maximum atomic E-state index is 6.43. The van der Waals surface area contributed by atoms with Crippen LogP contribution in [-0.4, -0.2) is 19.6 Å². The SMILES string of the molecule is CCNCc1c(Cl)cccc1N(C)C1CCC(CC)CC1. The third kappa shape index (κ3) is 4.14. The van der Waals surface area contributed by atoms with Crippen LogP contribution in [0.25, 0.3) is 0 Å². The van der Waals surface area contributed by atoms with Crippen LogP contribution in [0, 0.1) is 5.92 Å². The van der Waals surface area contributed by atoms with Gasteiger partial charge in [0.05, 0.1) is 0 Å². The van der Waals surface area contributed by atoms with Gasteiger partial charge in [0, 0.05) is 35.9 Å². The van der Waals surface area contributed by atoms with Gasteiger partial charge in [0.2, 0.25) is 0 Å². The highest BCUT2D eigenvalue weighted by atomic mass is 35.5. The molecule has 2 rings (SSSR count). The van der Waals surface area contributed by atoms with E-state index in [1.54, 1.807) is 0 Å². The van der Waals surface area contributed by atoms with E-state index in [1.807, 2.05) is 6.07 Å². The van der Waals surface area contributed by atoms with Crippen molar-refractivity contribution in [3.63, 3.8) is 0 Å². The summed E-state index contributed by atoms with van der Waals surface area (Å²) in [6.45, 7) is 6.27. The molecule has 0 radical (unpaired) electrons. The quantitative estimate of drug-likeness (QED) is 0.807. The van der Waals surface area contributed by atoms with Gasteiger partial charge in [-0.3, -0.25) is 0 Å². The Morgan fingerprint density at radius 1 is 1.19 bits per heavy atom. The molecule has 0 bridgehead atoms. The van der Waals surface area contributed by atoms with Crippen molar-refractivity contribution in [3.05, 3.63) is 28.8 Å². The molecule has 0 aromatic heterocycles. The number of nitrogens with zero attached hydrogens (tertiary/aromatic N) is 1. The van der Waals surface area contributed by atoms with Crippen molar-refractivity contribution in [2.75, 3.05) is 18.5 Å². The number of anilines is 1. The Labute approximate surface area is 134 Å². The Morgan fingerprint density at radius 2 is 1.90 bits per heavy atom. The normalized spacial score (nSPS) is 22.3. The van der Waals surface area contributed by atoms with E-state index in [0.717, 1.165) is 24.0 Å². The lowest BCUT2D eigenvalue weighted by Crippen LogP contribution is -2.36. The van der Waals surface area contributed by atoms with Crippen molar-refractivity contribution >= 4 is 17.3 Å². The third-order valence-corrected chi connectivity index (χ3v) is 5.32. The van der Waals surface area contributed by atoms with Crippen LogP contribution in [0.15, 0.2) is 18.2 Å². The molecular formula is C18H29ClN2. The van der Waals surface area contributed by atoms with Crippen molar-refractivity contribution in [1.82, 2.24) is 5.32 Å². The molecule has 1 aliphatic carbocycles. The van der Waals surface area contributed by atoms with Gasteiger partial charge in [-0.25, -0.2) is 0 Å². The maximum absolute atomic E-state index is 6.43. The first-order valence-corrected chi connectivity index (χ1v) is 8.76. The van der Waals surface area contributed by atoms with Crippen LogP contribution in [0.4, 0.5) is 5.69 Å². The number of hydrogen-bond donors (Lipinski definition) is 1. The van der Waals surface area contributed by atoms with E-state index in [4.69, 9.17) is 11.6 Å². The first-order valence-electron chi connectivity index (χ1n) is 8.38. The highest BCUT2D eigenvalue weighted by Crippen LogP contribution is 2.34. The molecule has 1 N–H and O–H groups in total. The van der Waals surface area contributed by atoms with E-state index < -0.39 is 0 Å². The van der Waals surface area contributed by atoms with E-state index in [2.05, 4.69) is 43.2 Å². The molecule has 2 nitrogen and oxygen atoms in total. The molecule has 0 atom stereocenters. The van der Waals surface area contributed by atoms with Gasteiger partial charge in [-0.15, -0.1) is 0 Å². The molecule has 3 heteroatoms. The lowest BCUT2D eigenvalue weighted by molar-refractivity contribution is 0.313.